The quantitative estimate of drug-likeness (QED) is 0.0759. The molecule has 1 aliphatic carbocycles. The zero-order chi connectivity index (χ0) is 53.3. The Morgan fingerprint density at radius 1 is 0.844 bits per heavy atom. The lowest BCUT2D eigenvalue weighted by Gasteiger charge is -2.38. The Labute approximate surface area is 454 Å². The number of carbonyl (C=O) groups excluding carboxylic acids is 2. The number of aromatic hydroxyl groups is 1. The van der Waals surface area contributed by atoms with Crippen LogP contribution in [0.3, 0.4) is 0 Å². The minimum Gasteiger partial charge on any atom is -0.507 e. The highest BCUT2D eigenvalue weighted by Gasteiger charge is 2.44. The standard InChI is InChI=1S/C58H71N11O7S/c1-34(2)54(58(73)69-32-42(70)26-49(69)57(72)62-35(3)38-10-12-39(13-11-38)55-36(4)61-33-77-55)51-28-52(65-76-51)66-23-20-45(21-24-66)74-43-15-17-44(18-16-43)75-53-25-40(19-22-60-53)68-30-37-9-14-41(68)31-67(29-37)48-27-47(63-64-56(48)59)46-7-5-6-8-50(46)71/h5-8,10-13,19,22,25,27-28,33-35,37,41-45,49,54,70-71H,9,14-18,20-21,23-24,26,29-32H2,1-4H3,(H2,59,64)(H,62,72)/t35-,37?,41?,42+,43?,44?,49-,54+/m0/s1. The number of carbonyl (C=O) groups is 2. The number of hydrogen-bond acceptors (Lipinski definition) is 17. The number of aromatic nitrogens is 5. The molecule has 4 aromatic heterocycles. The highest BCUT2D eigenvalue weighted by atomic mass is 32.1. The summed E-state index contributed by atoms with van der Waals surface area (Å²) in [6.45, 7) is 12.0. The predicted molar refractivity (Wildman–Crippen MR) is 296 cm³/mol. The number of fused-ring (bicyclic) bond motifs is 4. The van der Waals surface area contributed by atoms with Gasteiger partial charge in [-0.3, -0.25) is 9.59 Å². The fourth-order valence-electron chi connectivity index (χ4n) is 12.3. The molecule has 2 amide bonds. The normalized spacial score (nSPS) is 23.8. The van der Waals surface area contributed by atoms with Crippen LogP contribution >= 0.6 is 11.3 Å². The molecule has 19 heteroatoms. The van der Waals surface area contributed by atoms with Crippen molar-refractivity contribution in [1.29, 1.82) is 0 Å². The fourth-order valence-corrected chi connectivity index (χ4v) is 13.2. The van der Waals surface area contributed by atoms with Crippen LogP contribution in [0.4, 0.5) is 23.0 Å². The second-order valence-electron chi connectivity index (χ2n) is 22.2. The van der Waals surface area contributed by atoms with E-state index in [2.05, 4.69) is 57.5 Å². The van der Waals surface area contributed by atoms with Crippen molar-refractivity contribution in [3.8, 4) is 33.3 Å². The lowest BCUT2D eigenvalue weighted by molar-refractivity contribution is -0.141. The third-order valence-corrected chi connectivity index (χ3v) is 17.5. The number of phenols is 1. The molecular formula is C58H71N11O7S. The van der Waals surface area contributed by atoms with Gasteiger partial charge in [0.2, 0.25) is 17.7 Å². The number of nitrogen functional groups attached to an aromatic ring is 1. The van der Waals surface area contributed by atoms with Crippen LogP contribution in [0, 0.1) is 18.8 Å². The summed E-state index contributed by atoms with van der Waals surface area (Å²) in [6.07, 6.45) is 9.10. The second kappa shape index (κ2) is 22.6. The van der Waals surface area contributed by atoms with Gasteiger partial charge in [0.1, 0.15) is 23.8 Å². The average Bonchev–Trinajstić information content (AvgIpc) is 4.13. The van der Waals surface area contributed by atoms with Crippen molar-refractivity contribution in [2.45, 2.75) is 134 Å². The number of piperidine rings is 2. The molecule has 2 unspecified atom stereocenters. The number of phenolic OH excluding ortho intramolecular Hbond substituents is 1. The van der Waals surface area contributed by atoms with Gasteiger partial charge in [0.05, 0.1) is 51.8 Å². The summed E-state index contributed by atoms with van der Waals surface area (Å²) in [5.74, 6) is 1.40. The van der Waals surface area contributed by atoms with Crippen molar-refractivity contribution in [2.24, 2.45) is 11.8 Å². The van der Waals surface area contributed by atoms with Crippen molar-refractivity contribution in [1.82, 2.24) is 35.5 Å². The van der Waals surface area contributed by atoms with E-state index in [0.29, 0.717) is 40.5 Å². The Hall–Kier alpha value is -6.83. The van der Waals surface area contributed by atoms with Gasteiger partial charge in [-0.25, -0.2) is 9.97 Å². The molecule has 5 aliphatic heterocycles. The maximum absolute atomic E-state index is 14.4. The van der Waals surface area contributed by atoms with Crippen molar-refractivity contribution in [3.63, 3.8) is 0 Å². The zero-order valence-corrected chi connectivity index (χ0v) is 45.2. The van der Waals surface area contributed by atoms with E-state index < -0.39 is 18.1 Å². The van der Waals surface area contributed by atoms with Gasteiger partial charge >= 0.3 is 0 Å². The monoisotopic (exact) mass is 1070 g/mol. The molecule has 6 aliphatic rings. The van der Waals surface area contributed by atoms with Crippen LogP contribution in [0.5, 0.6) is 11.6 Å². The van der Waals surface area contributed by atoms with Gasteiger partial charge in [0, 0.05) is 81.3 Å². The molecule has 77 heavy (non-hydrogen) atoms. The number of hydrogen-bond donors (Lipinski definition) is 4. The summed E-state index contributed by atoms with van der Waals surface area (Å²) in [4.78, 5) is 46.9. The molecule has 9 heterocycles. The van der Waals surface area contributed by atoms with E-state index in [1.54, 1.807) is 23.5 Å². The van der Waals surface area contributed by atoms with Gasteiger partial charge in [-0.1, -0.05) is 55.4 Å². The first kappa shape index (κ1) is 52.2. The van der Waals surface area contributed by atoms with Crippen LogP contribution in [0.1, 0.15) is 108 Å². The number of benzene rings is 2. The van der Waals surface area contributed by atoms with Crippen LogP contribution in [0.2, 0.25) is 0 Å². The molecule has 0 radical (unpaired) electrons. The largest absolute Gasteiger partial charge is 0.507 e. The number of aliphatic hydroxyl groups excluding tert-OH is 1. The van der Waals surface area contributed by atoms with Gasteiger partial charge in [-0.05, 0) is 112 Å². The summed E-state index contributed by atoms with van der Waals surface area (Å²) in [5.41, 5.74) is 14.5. The molecule has 12 rings (SSSR count). The number of amides is 2. The topological polar surface area (TPSA) is 222 Å². The summed E-state index contributed by atoms with van der Waals surface area (Å²) in [7, 11) is 0. The Balaban J connectivity index is 0.642. The number of para-hydroxylation sites is 1. The summed E-state index contributed by atoms with van der Waals surface area (Å²) in [6, 6.07) is 22.4. The Bertz CT molecular complexity index is 3010. The number of pyridine rings is 1. The second-order valence-corrected chi connectivity index (χ2v) is 23.0. The first-order chi connectivity index (χ1) is 37.3. The number of ether oxygens (including phenoxy) is 2. The van der Waals surface area contributed by atoms with Crippen molar-refractivity contribution in [2.75, 3.05) is 59.7 Å². The third-order valence-electron chi connectivity index (χ3n) is 16.5. The van der Waals surface area contributed by atoms with E-state index in [1.807, 2.05) is 87.9 Å². The van der Waals surface area contributed by atoms with Gasteiger partial charge in [-0.15, -0.1) is 21.5 Å². The molecule has 18 nitrogen and oxygen atoms in total. The smallest absolute Gasteiger partial charge is 0.243 e. The Kier molecular flexibility index (Phi) is 15.4. The molecule has 6 fully saturated rings. The average molecular weight is 1070 g/mol. The number of thiazole rings is 1. The molecule has 6 atom stereocenters. The first-order valence-electron chi connectivity index (χ1n) is 27.5. The highest BCUT2D eigenvalue weighted by molar-refractivity contribution is 7.13. The molecule has 5 N–H and O–H groups in total. The molecular weight excluding hydrogens is 995 g/mol. The first-order valence-corrected chi connectivity index (χ1v) is 28.4. The number of nitrogens with two attached hydrogens (primary N) is 1. The highest BCUT2D eigenvalue weighted by Crippen LogP contribution is 2.40. The lowest BCUT2D eigenvalue weighted by Crippen LogP contribution is -2.48. The van der Waals surface area contributed by atoms with E-state index in [4.69, 9.17) is 19.7 Å². The number of aliphatic hydroxyl groups is 1. The maximum atomic E-state index is 14.4. The number of rotatable bonds is 15. The summed E-state index contributed by atoms with van der Waals surface area (Å²) < 4.78 is 19.2. The van der Waals surface area contributed by atoms with Crippen molar-refractivity contribution >= 4 is 46.2 Å². The van der Waals surface area contributed by atoms with Crippen molar-refractivity contribution in [3.05, 3.63) is 102 Å². The van der Waals surface area contributed by atoms with Gasteiger partial charge < -0.3 is 54.9 Å². The van der Waals surface area contributed by atoms with Gasteiger partial charge in [-0.2, -0.15) is 0 Å². The fraction of sp³-hybridized carbons (Fsp3) is 0.500. The number of likely N-dealkylation sites (tertiary alicyclic amines) is 1. The van der Waals surface area contributed by atoms with Crippen LogP contribution in [-0.4, -0.2) is 128 Å². The number of aryl methyl sites for hydroxylation is 1. The van der Waals surface area contributed by atoms with E-state index >= 15 is 0 Å². The van der Waals surface area contributed by atoms with E-state index in [1.165, 1.54) is 4.90 Å². The van der Waals surface area contributed by atoms with Crippen LogP contribution in [0.25, 0.3) is 21.7 Å². The van der Waals surface area contributed by atoms with Crippen LogP contribution in [-0.2, 0) is 14.3 Å². The van der Waals surface area contributed by atoms with Gasteiger partial charge in [0.15, 0.2) is 17.4 Å². The molecule has 2 aromatic carbocycles. The van der Waals surface area contributed by atoms with Crippen molar-refractivity contribution < 1.29 is 33.8 Å². The van der Waals surface area contributed by atoms with Crippen LogP contribution in [0.15, 0.2) is 89.0 Å². The molecule has 1 saturated carbocycles. The molecule has 0 spiro atoms. The number of β-amino-alcohol motifs (C(OH)–C–C–N with tert-alkyl or cyclic N) is 1. The van der Waals surface area contributed by atoms with E-state index in [9.17, 15) is 19.8 Å². The summed E-state index contributed by atoms with van der Waals surface area (Å²) >= 11 is 1.60. The van der Waals surface area contributed by atoms with Crippen LogP contribution < -0.4 is 30.5 Å². The minimum absolute atomic E-state index is 0.0644. The molecule has 6 aromatic rings. The Morgan fingerprint density at radius 3 is 2.36 bits per heavy atom. The molecule has 2 bridgehead atoms. The zero-order valence-electron chi connectivity index (χ0n) is 44.4. The van der Waals surface area contributed by atoms with E-state index in [-0.39, 0.29) is 66.8 Å². The lowest BCUT2D eigenvalue weighted by atomic mass is 9.91. The number of nitrogens with one attached hydrogen (secondary N) is 1. The predicted octanol–water partition coefficient (Wildman–Crippen LogP) is 8.31. The SMILES string of the molecule is Cc1ncsc1-c1ccc([C@H](C)NC(=O)[C@@H]2C[C@@H](O)CN2C(=O)[C@@H](c2cc(N3CCC(OC4CCC(Oc5cc(N6CC7CCC6CN(c6cc(-c8ccccc8O)nnc6N)C7)ccn5)CC4)CC3)no2)C(C)C)cc1. The number of anilines is 4. The number of nitrogens with zero attached hydrogens (tertiary/aromatic N) is 9. The van der Waals surface area contributed by atoms with E-state index in [0.717, 1.165) is 117 Å². The minimum atomic E-state index is -0.814. The molecule has 406 valence electrons. The maximum Gasteiger partial charge on any atom is 0.243 e. The Morgan fingerprint density at radius 2 is 1.61 bits per heavy atom. The van der Waals surface area contributed by atoms with Gasteiger partial charge in [0.25, 0.3) is 0 Å². The summed E-state index contributed by atoms with van der Waals surface area (Å²) in [5, 5.41) is 37.5. The molecule has 5 saturated heterocycles. The third kappa shape index (κ3) is 11.4.